The summed E-state index contributed by atoms with van der Waals surface area (Å²) in [6.07, 6.45) is 9.00. The zero-order chi connectivity index (χ0) is 21.4. The normalized spacial score (nSPS) is 19.2. The number of carboxylic acids is 1. The number of hydrogen-bond donors (Lipinski definition) is 2. The molecule has 1 spiro atoms. The van der Waals surface area contributed by atoms with Crippen molar-refractivity contribution >= 4 is 34.4 Å². The molecule has 0 radical (unpaired) electrons. The van der Waals surface area contributed by atoms with E-state index in [1.165, 1.54) is 25.7 Å². The summed E-state index contributed by atoms with van der Waals surface area (Å²) >= 11 is 6.07. The number of fused-ring (bicyclic) bond motifs is 1. The Kier molecular flexibility index (Phi) is 5.34. The van der Waals surface area contributed by atoms with E-state index >= 15 is 0 Å². The first-order valence-corrected chi connectivity index (χ1v) is 11.5. The molecule has 7 heteroatoms. The summed E-state index contributed by atoms with van der Waals surface area (Å²) in [4.78, 5) is 26.0. The first-order valence-electron chi connectivity index (χ1n) is 11.1. The van der Waals surface area contributed by atoms with E-state index in [2.05, 4.69) is 27.0 Å². The number of anilines is 1. The maximum absolute atomic E-state index is 11.0. The van der Waals surface area contributed by atoms with Crippen LogP contribution in [0.1, 0.15) is 44.9 Å². The number of aromatic nitrogens is 3. The molecule has 1 aromatic carbocycles. The molecule has 162 valence electrons. The fourth-order valence-corrected chi connectivity index (χ4v) is 5.46. The minimum Gasteiger partial charge on any atom is -0.481 e. The summed E-state index contributed by atoms with van der Waals surface area (Å²) in [7, 11) is 0. The summed E-state index contributed by atoms with van der Waals surface area (Å²) < 4.78 is 0. The molecular weight excluding hydrogens is 412 g/mol. The lowest BCUT2D eigenvalue weighted by Crippen LogP contribution is -2.42. The van der Waals surface area contributed by atoms with Crippen LogP contribution in [0.2, 0.25) is 5.02 Å². The molecule has 1 aliphatic heterocycles. The Morgan fingerprint density at radius 3 is 2.61 bits per heavy atom. The SMILES string of the molecule is O=C(O)CC1CCC2(CC1)CCN(c1ccc(-c3nc4ccc(Cl)cc4[nH]3)cn1)CC2. The molecule has 3 heterocycles. The Balaban J connectivity index is 1.22. The molecule has 31 heavy (non-hydrogen) atoms. The number of aliphatic carboxylic acids is 1. The molecule has 6 nitrogen and oxygen atoms in total. The third-order valence-electron chi connectivity index (χ3n) is 7.24. The van der Waals surface area contributed by atoms with E-state index in [-0.39, 0.29) is 0 Å². The van der Waals surface area contributed by atoms with Gasteiger partial charge in [0.1, 0.15) is 11.6 Å². The highest BCUT2D eigenvalue weighted by Gasteiger charge is 2.38. The van der Waals surface area contributed by atoms with Crippen LogP contribution in [0.4, 0.5) is 5.82 Å². The van der Waals surface area contributed by atoms with Gasteiger partial charge in [0.2, 0.25) is 0 Å². The number of nitrogens with zero attached hydrogens (tertiary/aromatic N) is 3. The Morgan fingerprint density at radius 2 is 1.94 bits per heavy atom. The number of aromatic amines is 1. The van der Waals surface area contributed by atoms with Gasteiger partial charge in [0.05, 0.1) is 11.0 Å². The van der Waals surface area contributed by atoms with E-state index < -0.39 is 5.97 Å². The number of rotatable bonds is 4. The lowest BCUT2D eigenvalue weighted by molar-refractivity contribution is -0.138. The van der Waals surface area contributed by atoms with Crippen molar-refractivity contribution in [2.24, 2.45) is 11.3 Å². The number of piperidine rings is 1. The van der Waals surface area contributed by atoms with E-state index in [4.69, 9.17) is 21.7 Å². The molecule has 0 atom stereocenters. The second-order valence-corrected chi connectivity index (χ2v) is 9.62. The Labute approximate surface area is 186 Å². The molecule has 1 aliphatic carbocycles. The molecule has 1 saturated heterocycles. The van der Waals surface area contributed by atoms with Crippen molar-refractivity contribution in [2.75, 3.05) is 18.0 Å². The molecular formula is C24H27ClN4O2. The van der Waals surface area contributed by atoms with Crippen LogP contribution in [0.15, 0.2) is 36.5 Å². The van der Waals surface area contributed by atoms with Gasteiger partial charge >= 0.3 is 5.97 Å². The van der Waals surface area contributed by atoms with E-state index in [0.29, 0.717) is 22.8 Å². The number of nitrogens with one attached hydrogen (secondary N) is 1. The lowest BCUT2D eigenvalue weighted by Gasteiger charge is -2.46. The quantitative estimate of drug-likeness (QED) is 0.559. The Morgan fingerprint density at radius 1 is 1.16 bits per heavy atom. The van der Waals surface area contributed by atoms with Crippen LogP contribution in [0.3, 0.4) is 0 Å². The van der Waals surface area contributed by atoms with Crippen LogP contribution in [-0.2, 0) is 4.79 Å². The summed E-state index contributed by atoms with van der Waals surface area (Å²) in [6, 6.07) is 9.80. The standard InChI is InChI=1S/C24H27ClN4O2/c25-18-2-3-19-20(14-18)28-23(27-19)17-1-4-21(26-15-17)29-11-9-24(10-12-29)7-5-16(6-8-24)13-22(30)31/h1-4,14-16H,5-13H2,(H,27,28)(H,30,31). The van der Waals surface area contributed by atoms with Crippen LogP contribution in [-0.4, -0.2) is 39.1 Å². The van der Waals surface area contributed by atoms with Gasteiger partial charge in [0, 0.05) is 36.3 Å². The number of hydrogen-bond acceptors (Lipinski definition) is 4. The van der Waals surface area contributed by atoms with Gasteiger partial charge in [-0.1, -0.05) is 11.6 Å². The maximum atomic E-state index is 11.0. The maximum Gasteiger partial charge on any atom is 0.303 e. The van der Waals surface area contributed by atoms with Gasteiger partial charge in [0.25, 0.3) is 0 Å². The first kappa shape index (κ1) is 20.3. The van der Waals surface area contributed by atoms with Crippen molar-refractivity contribution in [3.05, 3.63) is 41.6 Å². The average Bonchev–Trinajstić information content (AvgIpc) is 3.19. The molecule has 2 N–H and O–H groups in total. The lowest BCUT2D eigenvalue weighted by atomic mass is 9.65. The number of pyridine rings is 1. The second-order valence-electron chi connectivity index (χ2n) is 9.18. The zero-order valence-corrected chi connectivity index (χ0v) is 18.2. The first-order chi connectivity index (χ1) is 15.0. The van der Waals surface area contributed by atoms with E-state index in [1.807, 2.05) is 24.4 Å². The number of carbonyl (C=O) groups is 1. The zero-order valence-electron chi connectivity index (χ0n) is 17.5. The number of benzene rings is 1. The molecule has 0 unspecified atom stereocenters. The van der Waals surface area contributed by atoms with E-state index in [1.54, 1.807) is 0 Å². The molecule has 3 aromatic rings. The number of H-pyrrole nitrogens is 1. The van der Waals surface area contributed by atoms with Crippen molar-refractivity contribution in [3.63, 3.8) is 0 Å². The van der Waals surface area contributed by atoms with Gasteiger partial charge in [-0.15, -0.1) is 0 Å². The van der Waals surface area contributed by atoms with Crippen molar-refractivity contribution in [2.45, 2.75) is 44.9 Å². The predicted octanol–water partition coefficient (Wildman–Crippen LogP) is 5.53. The van der Waals surface area contributed by atoms with Crippen molar-refractivity contribution in [1.82, 2.24) is 15.0 Å². The average molecular weight is 439 g/mol. The fraction of sp³-hybridized carbons (Fsp3) is 0.458. The predicted molar refractivity (Wildman–Crippen MR) is 122 cm³/mol. The van der Waals surface area contributed by atoms with Gasteiger partial charge in [-0.3, -0.25) is 4.79 Å². The van der Waals surface area contributed by atoms with Gasteiger partial charge in [-0.25, -0.2) is 9.97 Å². The largest absolute Gasteiger partial charge is 0.481 e. The molecule has 5 rings (SSSR count). The highest BCUT2D eigenvalue weighted by Crippen LogP contribution is 2.47. The summed E-state index contributed by atoms with van der Waals surface area (Å²) in [6.45, 7) is 2.03. The molecule has 2 aromatic heterocycles. The summed E-state index contributed by atoms with van der Waals surface area (Å²) in [5.74, 6) is 1.52. The monoisotopic (exact) mass is 438 g/mol. The van der Waals surface area contributed by atoms with Crippen LogP contribution in [0.25, 0.3) is 22.4 Å². The van der Waals surface area contributed by atoms with Crippen LogP contribution < -0.4 is 4.90 Å². The summed E-state index contributed by atoms with van der Waals surface area (Å²) in [5.41, 5.74) is 3.18. The molecule has 2 aliphatic rings. The number of carboxylic acid groups (broad SMARTS) is 1. The highest BCUT2D eigenvalue weighted by atomic mass is 35.5. The minimum absolute atomic E-state index is 0.330. The Bertz CT molecular complexity index is 1080. The second kappa shape index (κ2) is 8.15. The minimum atomic E-state index is -0.656. The summed E-state index contributed by atoms with van der Waals surface area (Å²) in [5, 5.41) is 9.73. The fourth-order valence-electron chi connectivity index (χ4n) is 5.28. The number of imidazole rings is 1. The number of halogens is 1. The van der Waals surface area contributed by atoms with Gasteiger partial charge in [-0.05, 0) is 80.2 Å². The van der Waals surface area contributed by atoms with E-state index in [9.17, 15) is 4.79 Å². The smallest absolute Gasteiger partial charge is 0.303 e. The topological polar surface area (TPSA) is 82.1 Å². The van der Waals surface area contributed by atoms with Crippen molar-refractivity contribution in [1.29, 1.82) is 0 Å². The Hall–Kier alpha value is -2.60. The highest BCUT2D eigenvalue weighted by molar-refractivity contribution is 6.31. The van der Waals surface area contributed by atoms with Gasteiger partial charge in [-0.2, -0.15) is 0 Å². The van der Waals surface area contributed by atoms with Gasteiger partial charge < -0.3 is 15.0 Å². The van der Waals surface area contributed by atoms with E-state index in [0.717, 1.165) is 54.2 Å². The third kappa shape index (κ3) is 4.26. The third-order valence-corrected chi connectivity index (χ3v) is 7.48. The van der Waals surface area contributed by atoms with Gasteiger partial charge in [0.15, 0.2) is 0 Å². The van der Waals surface area contributed by atoms with Crippen LogP contribution >= 0.6 is 11.6 Å². The van der Waals surface area contributed by atoms with Crippen molar-refractivity contribution < 1.29 is 9.90 Å². The molecule has 1 saturated carbocycles. The van der Waals surface area contributed by atoms with Crippen LogP contribution in [0.5, 0.6) is 0 Å². The van der Waals surface area contributed by atoms with Crippen molar-refractivity contribution in [3.8, 4) is 11.4 Å². The molecule has 0 amide bonds. The molecule has 2 fully saturated rings. The molecule has 0 bridgehead atoms. The van der Waals surface area contributed by atoms with Crippen LogP contribution in [0, 0.1) is 11.3 Å².